The van der Waals surface area contributed by atoms with Gasteiger partial charge < -0.3 is 9.47 Å². The van der Waals surface area contributed by atoms with E-state index < -0.39 is 0 Å². The van der Waals surface area contributed by atoms with E-state index in [1.807, 2.05) is 48.5 Å². The molecule has 4 heteroatoms. The number of carbonyl (C=O) groups is 1. The second-order valence-electron chi connectivity index (χ2n) is 4.89. The Morgan fingerprint density at radius 2 is 1.86 bits per heavy atom. The molecule has 3 nitrogen and oxygen atoms in total. The van der Waals surface area contributed by atoms with Gasteiger partial charge in [-0.1, -0.05) is 35.9 Å². The number of rotatable bonds is 6. The SMILES string of the molecule is CCOC(=O)CC(c1ccc(Cl)cc1)c1cccc(OC)c1. The van der Waals surface area contributed by atoms with E-state index in [4.69, 9.17) is 21.1 Å². The molecule has 2 rings (SSSR count). The summed E-state index contributed by atoms with van der Waals surface area (Å²) in [7, 11) is 1.63. The Hall–Kier alpha value is -2.00. The summed E-state index contributed by atoms with van der Waals surface area (Å²) in [6.07, 6.45) is 0.280. The Kier molecular flexibility index (Phi) is 5.84. The van der Waals surface area contributed by atoms with Crippen molar-refractivity contribution >= 4 is 17.6 Å². The molecule has 0 saturated heterocycles. The first-order valence-electron chi connectivity index (χ1n) is 7.19. The van der Waals surface area contributed by atoms with Gasteiger partial charge in [0.25, 0.3) is 0 Å². The fraction of sp³-hybridized carbons (Fsp3) is 0.278. The summed E-state index contributed by atoms with van der Waals surface area (Å²) in [4.78, 5) is 11.9. The van der Waals surface area contributed by atoms with Gasteiger partial charge in [0.05, 0.1) is 20.1 Å². The molecular weight excluding hydrogens is 300 g/mol. The summed E-state index contributed by atoms with van der Waals surface area (Å²) in [5.41, 5.74) is 2.03. The zero-order valence-electron chi connectivity index (χ0n) is 12.7. The fourth-order valence-corrected chi connectivity index (χ4v) is 2.49. The molecule has 0 spiro atoms. The average Bonchev–Trinajstić information content (AvgIpc) is 2.54. The third-order valence-corrected chi connectivity index (χ3v) is 3.70. The number of hydrogen-bond donors (Lipinski definition) is 0. The van der Waals surface area contributed by atoms with Crippen molar-refractivity contribution < 1.29 is 14.3 Å². The fourth-order valence-electron chi connectivity index (χ4n) is 2.37. The second kappa shape index (κ2) is 7.85. The molecule has 1 atom stereocenters. The van der Waals surface area contributed by atoms with E-state index >= 15 is 0 Å². The van der Waals surface area contributed by atoms with Crippen molar-refractivity contribution in [2.24, 2.45) is 0 Å². The maximum absolute atomic E-state index is 11.9. The van der Waals surface area contributed by atoms with Crippen molar-refractivity contribution in [1.82, 2.24) is 0 Å². The minimum Gasteiger partial charge on any atom is -0.497 e. The number of hydrogen-bond acceptors (Lipinski definition) is 3. The molecule has 2 aromatic rings. The first-order chi connectivity index (χ1) is 10.6. The Morgan fingerprint density at radius 1 is 1.14 bits per heavy atom. The molecule has 22 heavy (non-hydrogen) atoms. The highest BCUT2D eigenvalue weighted by molar-refractivity contribution is 6.30. The maximum Gasteiger partial charge on any atom is 0.306 e. The van der Waals surface area contributed by atoms with Gasteiger partial charge in [-0.3, -0.25) is 4.79 Å². The number of esters is 1. The summed E-state index contributed by atoms with van der Waals surface area (Å²) in [6, 6.07) is 15.3. The molecular formula is C18H19ClO3. The lowest BCUT2D eigenvalue weighted by Crippen LogP contribution is -2.11. The minimum atomic E-state index is -0.217. The smallest absolute Gasteiger partial charge is 0.306 e. The lowest BCUT2D eigenvalue weighted by Gasteiger charge is -2.18. The van der Waals surface area contributed by atoms with Gasteiger partial charge in [-0.25, -0.2) is 0 Å². The second-order valence-corrected chi connectivity index (χ2v) is 5.33. The van der Waals surface area contributed by atoms with Crippen molar-refractivity contribution in [3.8, 4) is 5.75 Å². The van der Waals surface area contributed by atoms with Crippen LogP contribution in [0.15, 0.2) is 48.5 Å². The van der Waals surface area contributed by atoms with E-state index in [0.29, 0.717) is 11.6 Å². The lowest BCUT2D eigenvalue weighted by atomic mass is 9.88. The van der Waals surface area contributed by atoms with Gasteiger partial charge in [0.2, 0.25) is 0 Å². The molecule has 0 aromatic heterocycles. The third-order valence-electron chi connectivity index (χ3n) is 3.44. The Bertz CT molecular complexity index is 622. The zero-order chi connectivity index (χ0) is 15.9. The van der Waals surface area contributed by atoms with Gasteiger partial charge in [0.1, 0.15) is 5.75 Å². The molecule has 0 aliphatic rings. The molecule has 1 unspecified atom stereocenters. The molecule has 0 aliphatic heterocycles. The molecule has 116 valence electrons. The van der Waals surface area contributed by atoms with Crippen LogP contribution in [0.3, 0.4) is 0 Å². The molecule has 0 amide bonds. The lowest BCUT2D eigenvalue weighted by molar-refractivity contribution is -0.143. The number of carbonyl (C=O) groups excluding carboxylic acids is 1. The molecule has 0 heterocycles. The Labute approximate surface area is 135 Å². The normalized spacial score (nSPS) is 11.8. The Morgan fingerprint density at radius 3 is 2.50 bits per heavy atom. The van der Waals surface area contributed by atoms with Gasteiger partial charge in [0.15, 0.2) is 0 Å². The standard InChI is InChI=1S/C18H19ClO3/c1-3-22-18(20)12-17(13-7-9-15(19)10-8-13)14-5-4-6-16(11-14)21-2/h4-11,17H,3,12H2,1-2H3. The number of benzene rings is 2. The van der Waals surface area contributed by atoms with Crippen molar-refractivity contribution in [2.75, 3.05) is 13.7 Å². The van der Waals surface area contributed by atoms with Crippen LogP contribution in [0, 0.1) is 0 Å². The van der Waals surface area contributed by atoms with Crippen molar-refractivity contribution in [2.45, 2.75) is 19.3 Å². The molecule has 0 bridgehead atoms. The third kappa shape index (κ3) is 4.25. The van der Waals surface area contributed by atoms with Gasteiger partial charge in [-0.15, -0.1) is 0 Å². The van der Waals surface area contributed by atoms with Gasteiger partial charge in [-0.05, 0) is 42.3 Å². The highest BCUT2D eigenvalue weighted by atomic mass is 35.5. The van der Waals surface area contributed by atoms with Crippen LogP contribution in [-0.2, 0) is 9.53 Å². The summed E-state index contributed by atoms with van der Waals surface area (Å²) in [6.45, 7) is 2.19. The maximum atomic E-state index is 11.9. The monoisotopic (exact) mass is 318 g/mol. The predicted octanol–water partition coefficient (Wildman–Crippen LogP) is 4.43. The van der Waals surface area contributed by atoms with Gasteiger partial charge >= 0.3 is 5.97 Å². The van der Waals surface area contributed by atoms with Crippen molar-refractivity contribution in [3.63, 3.8) is 0 Å². The van der Waals surface area contributed by atoms with Crippen LogP contribution in [0.2, 0.25) is 5.02 Å². The minimum absolute atomic E-state index is 0.0913. The molecule has 0 saturated carbocycles. The van der Waals surface area contributed by atoms with Crippen LogP contribution < -0.4 is 4.74 Å². The molecule has 2 aromatic carbocycles. The predicted molar refractivity (Wildman–Crippen MR) is 87.5 cm³/mol. The molecule has 0 N–H and O–H groups in total. The van der Waals surface area contributed by atoms with Crippen LogP contribution in [0.4, 0.5) is 0 Å². The molecule has 0 radical (unpaired) electrons. The van der Waals surface area contributed by atoms with Crippen LogP contribution in [-0.4, -0.2) is 19.7 Å². The quantitative estimate of drug-likeness (QED) is 0.739. The summed E-state index contributed by atoms with van der Waals surface area (Å²) >= 11 is 5.95. The number of halogens is 1. The Balaban J connectivity index is 2.35. The number of methoxy groups -OCH3 is 1. The van der Waals surface area contributed by atoms with Crippen molar-refractivity contribution in [1.29, 1.82) is 0 Å². The van der Waals surface area contributed by atoms with E-state index in [1.54, 1.807) is 14.0 Å². The topological polar surface area (TPSA) is 35.5 Å². The van der Waals surface area contributed by atoms with Crippen LogP contribution in [0.1, 0.15) is 30.4 Å². The van der Waals surface area contributed by atoms with Gasteiger partial charge in [-0.2, -0.15) is 0 Å². The van der Waals surface area contributed by atoms with Crippen LogP contribution in [0.25, 0.3) is 0 Å². The highest BCUT2D eigenvalue weighted by Crippen LogP contribution is 2.31. The van der Waals surface area contributed by atoms with E-state index in [0.717, 1.165) is 16.9 Å². The molecule has 0 fully saturated rings. The molecule has 0 aliphatic carbocycles. The first kappa shape index (κ1) is 16.4. The summed E-state index contributed by atoms with van der Waals surface area (Å²) in [5.74, 6) is 0.456. The summed E-state index contributed by atoms with van der Waals surface area (Å²) < 4.78 is 10.4. The van der Waals surface area contributed by atoms with E-state index in [-0.39, 0.29) is 18.3 Å². The van der Waals surface area contributed by atoms with E-state index in [1.165, 1.54) is 0 Å². The van der Waals surface area contributed by atoms with E-state index in [9.17, 15) is 4.79 Å². The zero-order valence-corrected chi connectivity index (χ0v) is 13.5. The highest BCUT2D eigenvalue weighted by Gasteiger charge is 2.19. The van der Waals surface area contributed by atoms with Crippen LogP contribution in [0.5, 0.6) is 5.75 Å². The van der Waals surface area contributed by atoms with Gasteiger partial charge in [0, 0.05) is 10.9 Å². The summed E-state index contributed by atoms with van der Waals surface area (Å²) in [5, 5.41) is 0.671. The first-order valence-corrected chi connectivity index (χ1v) is 7.57. The van der Waals surface area contributed by atoms with E-state index in [2.05, 4.69) is 0 Å². The van der Waals surface area contributed by atoms with Crippen LogP contribution >= 0.6 is 11.6 Å². The van der Waals surface area contributed by atoms with Crippen molar-refractivity contribution in [3.05, 3.63) is 64.7 Å². The number of ether oxygens (including phenoxy) is 2. The largest absolute Gasteiger partial charge is 0.497 e. The average molecular weight is 319 g/mol.